The number of rotatable bonds is 10. The first-order chi connectivity index (χ1) is 8.76. The summed E-state index contributed by atoms with van der Waals surface area (Å²) in [6.45, 7) is 7.29. The van der Waals surface area contributed by atoms with Crippen LogP contribution in [-0.2, 0) is 9.47 Å². The second-order valence-electron chi connectivity index (χ2n) is 5.27. The summed E-state index contributed by atoms with van der Waals surface area (Å²) in [7, 11) is 3.93. The summed E-state index contributed by atoms with van der Waals surface area (Å²) in [4.78, 5) is 2.35. The summed E-state index contributed by atoms with van der Waals surface area (Å²) in [5.41, 5.74) is 0. The van der Waals surface area contributed by atoms with Crippen LogP contribution < -0.4 is 5.32 Å². The van der Waals surface area contributed by atoms with Crippen molar-refractivity contribution >= 4 is 0 Å². The Bertz CT molecular complexity index is 202. The van der Waals surface area contributed by atoms with Crippen molar-refractivity contribution in [3.05, 3.63) is 0 Å². The van der Waals surface area contributed by atoms with Gasteiger partial charge in [0.2, 0.25) is 0 Å². The molecule has 1 aliphatic heterocycles. The van der Waals surface area contributed by atoms with Crippen LogP contribution in [0.1, 0.15) is 32.6 Å². The van der Waals surface area contributed by atoms with Crippen molar-refractivity contribution in [1.29, 1.82) is 0 Å². The SMILES string of the molecule is CCCNCC1CCC(CN(C)CCCOC)O1. The smallest absolute Gasteiger partial charge is 0.0707 e. The van der Waals surface area contributed by atoms with Crippen LogP contribution in [0.15, 0.2) is 0 Å². The van der Waals surface area contributed by atoms with E-state index in [1.807, 2.05) is 0 Å². The Morgan fingerprint density at radius 2 is 2.11 bits per heavy atom. The molecule has 0 aromatic heterocycles. The number of nitrogens with one attached hydrogen (secondary N) is 1. The van der Waals surface area contributed by atoms with Gasteiger partial charge in [0, 0.05) is 33.4 Å². The summed E-state index contributed by atoms with van der Waals surface area (Å²) in [5.74, 6) is 0. The lowest BCUT2D eigenvalue weighted by molar-refractivity contribution is 0.0268. The number of hydrogen-bond donors (Lipinski definition) is 1. The van der Waals surface area contributed by atoms with Crippen molar-refractivity contribution in [2.75, 3.05) is 46.9 Å². The highest BCUT2D eigenvalue weighted by Gasteiger charge is 2.25. The molecule has 0 amide bonds. The van der Waals surface area contributed by atoms with Gasteiger partial charge in [0.1, 0.15) is 0 Å². The van der Waals surface area contributed by atoms with E-state index in [0.717, 1.165) is 39.2 Å². The van der Waals surface area contributed by atoms with Crippen LogP contribution in [0, 0.1) is 0 Å². The minimum Gasteiger partial charge on any atom is -0.385 e. The number of methoxy groups -OCH3 is 1. The Kier molecular flexibility index (Phi) is 8.59. The lowest BCUT2D eigenvalue weighted by atomic mass is 10.2. The molecular weight excluding hydrogens is 228 g/mol. The predicted molar refractivity (Wildman–Crippen MR) is 75.0 cm³/mol. The molecule has 18 heavy (non-hydrogen) atoms. The molecule has 1 heterocycles. The van der Waals surface area contributed by atoms with Gasteiger partial charge in [0.15, 0.2) is 0 Å². The Morgan fingerprint density at radius 1 is 1.33 bits per heavy atom. The Balaban J connectivity index is 2.06. The number of ether oxygens (including phenoxy) is 2. The first-order valence-electron chi connectivity index (χ1n) is 7.30. The highest BCUT2D eigenvalue weighted by molar-refractivity contribution is 4.77. The minimum atomic E-state index is 0.422. The van der Waals surface area contributed by atoms with E-state index in [0.29, 0.717) is 12.2 Å². The van der Waals surface area contributed by atoms with Crippen molar-refractivity contribution in [2.45, 2.75) is 44.8 Å². The van der Waals surface area contributed by atoms with Gasteiger partial charge in [-0.25, -0.2) is 0 Å². The number of hydrogen-bond acceptors (Lipinski definition) is 4. The zero-order valence-electron chi connectivity index (χ0n) is 12.3. The van der Waals surface area contributed by atoms with Crippen LogP contribution >= 0.6 is 0 Å². The maximum atomic E-state index is 6.05. The molecule has 0 aromatic rings. The molecule has 4 nitrogen and oxygen atoms in total. The standard InChI is InChI=1S/C14H30N2O2/c1-4-8-15-11-13-6-7-14(18-13)12-16(2)9-5-10-17-3/h13-15H,4-12H2,1-3H3. The van der Waals surface area contributed by atoms with Gasteiger partial charge < -0.3 is 19.7 Å². The van der Waals surface area contributed by atoms with E-state index < -0.39 is 0 Å². The van der Waals surface area contributed by atoms with Crippen molar-refractivity contribution in [1.82, 2.24) is 10.2 Å². The van der Waals surface area contributed by atoms with Gasteiger partial charge in [-0.2, -0.15) is 0 Å². The van der Waals surface area contributed by atoms with Crippen LogP contribution in [-0.4, -0.2) is 64.1 Å². The quantitative estimate of drug-likeness (QED) is 0.602. The monoisotopic (exact) mass is 258 g/mol. The van der Waals surface area contributed by atoms with Gasteiger partial charge in [-0.3, -0.25) is 0 Å². The molecule has 4 heteroatoms. The average molecular weight is 258 g/mol. The molecular formula is C14H30N2O2. The second-order valence-corrected chi connectivity index (χ2v) is 5.27. The highest BCUT2D eigenvalue weighted by Crippen LogP contribution is 2.19. The number of likely N-dealkylation sites (N-methyl/N-ethyl adjacent to an activating group) is 1. The van der Waals surface area contributed by atoms with Gasteiger partial charge in [0.25, 0.3) is 0 Å². The first kappa shape index (κ1) is 15.9. The lowest BCUT2D eigenvalue weighted by Crippen LogP contribution is -2.32. The van der Waals surface area contributed by atoms with E-state index in [4.69, 9.17) is 9.47 Å². The molecule has 1 aliphatic rings. The predicted octanol–water partition coefficient (Wildman–Crippen LogP) is 1.50. The summed E-state index contributed by atoms with van der Waals surface area (Å²) >= 11 is 0. The molecule has 2 unspecified atom stereocenters. The van der Waals surface area contributed by atoms with Crippen molar-refractivity contribution in [3.63, 3.8) is 0 Å². The fourth-order valence-electron chi connectivity index (χ4n) is 2.42. The van der Waals surface area contributed by atoms with Gasteiger partial charge in [-0.05, 0) is 39.3 Å². The third-order valence-electron chi connectivity index (χ3n) is 3.40. The maximum Gasteiger partial charge on any atom is 0.0707 e. The zero-order chi connectivity index (χ0) is 13.2. The van der Waals surface area contributed by atoms with Crippen LogP contribution in [0.2, 0.25) is 0 Å². The first-order valence-corrected chi connectivity index (χ1v) is 7.30. The second kappa shape index (κ2) is 9.73. The summed E-state index contributed by atoms with van der Waals surface area (Å²) < 4.78 is 11.1. The van der Waals surface area contributed by atoms with E-state index in [9.17, 15) is 0 Å². The summed E-state index contributed by atoms with van der Waals surface area (Å²) in [5, 5.41) is 3.44. The number of nitrogens with zero attached hydrogens (tertiary/aromatic N) is 1. The van der Waals surface area contributed by atoms with Crippen molar-refractivity contribution in [2.24, 2.45) is 0 Å². The normalized spacial score (nSPS) is 24.0. The van der Waals surface area contributed by atoms with Gasteiger partial charge in [-0.15, -0.1) is 0 Å². The molecule has 1 saturated heterocycles. The van der Waals surface area contributed by atoms with Crippen molar-refractivity contribution in [3.8, 4) is 0 Å². The topological polar surface area (TPSA) is 33.7 Å². The van der Waals surface area contributed by atoms with Gasteiger partial charge in [0.05, 0.1) is 12.2 Å². The van der Waals surface area contributed by atoms with E-state index in [1.54, 1.807) is 7.11 Å². The largest absolute Gasteiger partial charge is 0.385 e. The third-order valence-corrected chi connectivity index (χ3v) is 3.40. The minimum absolute atomic E-state index is 0.422. The maximum absolute atomic E-state index is 6.05. The molecule has 0 saturated carbocycles. The molecule has 1 fully saturated rings. The Morgan fingerprint density at radius 3 is 2.83 bits per heavy atom. The van der Waals surface area contributed by atoms with E-state index >= 15 is 0 Å². The molecule has 1 N–H and O–H groups in total. The zero-order valence-corrected chi connectivity index (χ0v) is 12.3. The molecule has 0 aliphatic carbocycles. The van der Waals surface area contributed by atoms with Crippen LogP contribution in [0.3, 0.4) is 0 Å². The Labute approximate surface area is 112 Å². The van der Waals surface area contributed by atoms with E-state index in [2.05, 4.69) is 24.2 Å². The highest BCUT2D eigenvalue weighted by atomic mass is 16.5. The molecule has 2 atom stereocenters. The summed E-state index contributed by atoms with van der Waals surface area (Å²) in [6, 6.07) is 0. The fraction of sp³-hybridized carbons (Fsp3) is 1.00. The van der Waals surface area contributed by atoms with E-state index in [1.165, 1.54) is 19.3 Å². The lowest BCUT2D eigenvalue weighted by Gasteiger charge is -2.21. The summed E-state index contributed by atoms with van der Waals surface area (Å²) in [6.07, 6.45) is 5.54. The van der Waals surface area contributed by atoms with E-state index in [-0.39, 0.29) is 0 Å². The molecule has 0 spiro atoms. The molecule has 0 aromatic carbocycles. The van der Waals surface area contributed by atoms with Crippen LogP contribution in [0.25, 0.3) is 0 Å². The van der Waals surface area contributed by atoms with Crippen molar-refractivity contribution < 1.29 is 9.47 Å². The molecule has 0 radical (unpaired) electrons. The third kappa shape index (κ3) is 6.69. The Hall–Kier alpha value is -0.160. The van der Waals surface area contributed by atoms with Crippen LogP contribution in [0.4, 0.5) is 0 Å². The molecule has 108 valence electrons. The van der Waals surface area contributed by atoms with Gasteiger partial charge >= 0.3 is 0 Å². The van der Waals surface area contributed by atoms with Crippen LogP contribution in [0.5, 0.6) is 0 Å². The average Bonchev–Trinajstić information content (AvgIpc) is 2.77. The van der Waals surface area contributed by atoms with Gasteiger partial charge in [-0.1, -0.05) is 6.92 Å². The molecule has 1 rings (SSSR count). The molecule has 0 bridgehead atoms. The fourth-order valence-corrected chi connectivity index (χ4v) is 2.42.